The largest absolute Gasteiger partial charge is 0.507 e. The maximum Gasteiger partial charge on any atom is 0.152 e. The summed E-state index contributed by atoms with van der Waals surface area (Å²) in [4.78, 5) is 0. The number of benzene rings is 1. The van der Waals surface area contributed by atoms with Crippen LogP contribution in [0.2, 0.25) is 0 Å². The topological polar surface area (TPSA) is 78.8 Å². The Kier molecular flexibility index (Phi) is 3.33. The van der Waals surface area contributed by atoms with E-state index in [1.807, 2.05) is 0 Å². The lowest BCUT2D eigenvalue weighted by Gasteiger charge is -2.05. The summed E-state index contributed by atoms with van der Waals surface area (Å²) in [6.07, 6.45) is 2.07. The second-order valence-corrected chi connectivity index (χ2v) is 6.27. The van der Waals surface area contributed by atoms with Crippen molar-refractivity contribution in [2.45, 2.75) is 12.5 Å². The Hall–Kier alpha value is -1.56. The fourth-order valence-electron chi connectivity index (χ4n) is 1.71. The zero-order valence-corrected chi connectivity index (χ0v) is 10.0. The molecule has 5 nitrogen and oxygen atoms in total. The van der Waals surface area contributed by atoms with Crippen LogP contribution in [-0.4, -0.2) is 37.3 Å². The fourth-order valence-corrected chi connectivity index (χ4v) is 3.37. The van der Waals surface area contributed by atoms with Crippen molar-refractivity contribution in [3.63, 3.8) is 0 Å². The number of nitrogens with zero attached hydrogens (tertiary/aromatic N) is 1. The molecule has 17 heavy (non-hydrogen) atoms. The number of hydrazone groups is 1. The highest BCUT2D eigenvalue weighted by Gasteiger charge is 2.27. The number of phenolic OH excluding ortho intramolecular Hbond substituents is 1. The van der Waals surface area contributed by atoms with Gasteiger partial charge in [0.1, 0.15) is 5.75 Å². The summed E-state index contributed by atoms with van der Waals surface area (Å²) in [5, 5.41) is 13.4. The monoisotopic (exact) mass is 254 g/mol. The van der Waals surface area contributed by atoms with Crippen molar-refractivity contribution in [3.8, 4) is 5.75 Å². The van der Waals surface area contributed by atoms with Crippen molar-refractivity contribution < 1.29 is 13.5 Å². The highest BCUT2D eigenvalue weighted by Crippen LogP contribution is 2.13. The van der Waals surface area contributed by atoms with Gasteiger partial charge in [0.25, 0.3) is 0 Å². The first-order valence-corrected chi connectivity index (χ1v) is 7.16. The predicted octanol–water partition coefficient (Wildman–Crippen LogP) is 0.503. The van der Waals surface area contributed by atoms with Crippen LogP contribution in [-0.2, 0) is 9.84 Å². The zero-order chi connectivity index (χ0) is 12.3. The van der Waals surface area contributed by atoms with Gasteiger partial charge in [-0.1, -0.05) is 12.1 Å². The van der Waals surface area contributed by atoms with Gasteiger partial charge in [-0.2, -0.15) is 5.10 Å². The Labute approximate surface area is 100 Å². The molecule has 1 aliphatic rings. The molecule has 0 amide bonds. The zero-order valence-electron chi connectivity index (χ0n) is 9.20. The van der Waals surface area contributed by atoms with Gasteiger partial charge >= 0.3 is 0 Å². The first-order valence-electron chi connectivity index (χ1n) is 5.34. The molecule has 1 atom stereocenters. The minimum Gasteiger partial charge on any atom is -0.507 e. The van der Waals surface area contributed by atoms with Crippen LogP contribution in [0, 0.1) is 0 Å². The Morgan fingerprint density at radius 3 is 2.82 bits per heavy atom. The van der Waals surface area contributed by atoms with Crippen molar-refractivity contribution in [2.75, 3.05) is 11.5 Å². The number of aromatic hydroxyl groups is 1. The first kappa shape index (κ1) is 11.9. The Morgan fingerprint density at radius 1 is 1.41 bits per heavy atom. The average molecular weight is 254 g/mol. The van der Waals surface area contributed by atoms with Crippen LogP contribution in [0.5, 0.6) is 5.75 Å². The molecule has 1 aliphatic heterocycles. The molecule has 0 spiro atoms. The molecule has 92 valence electrons. The maximum absolute atomic E-state index is 11.2. The molecule has 0 bridgehead atoms. The second kappa shape index (κ2) is 4.75. The normalized spacial score (nSPS) is 22.9. The number of nitrogens with one attached hydrogen (secondary N) is 1. The van der Waals surface area contributed by atoms with E-state index in [0.29, 0.717) is 12.0 Å². The van der Waals surface area contributed by atoms with E-state index in [9.17, 15) is 13.5 Å². The molecule has 1 saturated heterocycles. The van der Waals surface area contributed by atoms with E-state index < -0.39 is 9.84 Å². The van der Waals surface area contributed by atoms with Gasteiger partial charge in [0.15, 0.2) is 9.84 Å². The standard InChI is InChI=1S/C11H14N2O3S/c14-11-4-2-1-3-9(11)7-12-13-10-5-6-17(15,16)8-10/h1-4,7,10,13-14H,5-6,8H2/b12-7+/t10-/m1/s1. The first-order chi connectivity index (χ1) is 8.07. The van der Waals surface area contributed by atoms with Crippen molar-refractivity contribution >= 4 is 16.1 Å². The molecule has 0 aromatic heterocycles. The van der Waals surface area contributed by atoms with E-state index >= 15 is 0 Å². The highest BCUT2D eigenvalue weighted by molar-refractivity contribution is 7.91. The third-order valence-corrected chi connectivity index (χ3v) is 4.40. The summed E-state index contributed by atoms with van der Waals surface area (Å²) in [7, 11) is -2.88. The number of rotatable bonds is 3. The summed E-state index contributed by atoms with van der Waals surface area (Å²) < 4.78 is 22.4. The quantitative estimate of drug-likeness (QED) is 0.608. The Morgan fingerprint density at radius 2 is 2.18 bits per heavy atom. The van der Waals surface area contributed by atoms with E-state index in [-0.39, 0.29) is 23.3 Å². The minimum atomic E-state index is -2.88. The van der Waals surface area contributed by atoms with Gasteiger partial charge in [0.05, 0.1) is 23.8 Å². The highest BCUT2D eigenvalue weighted by atomic mass is 32.2. The molecule has 1 aromatic carbocycles. The molecule has 0 saturated carbocycles. The Bertz CT molecular complexity index is 525. The van der Waals surface area contributed by atoms with Gasteiger partial charge in [0.2, 0.25) is 0 Å². The van der Waals surface area contributed by atoms with Crippen LogP contribution >= 0.6 is 0 Å². The number of sulfone groups is 1. The van der Waals surface area contributed by atoms with E-state index in [1.54, 1.807) is 24.3 Å². The van der Waals surface area contributed by atoms with Crippen molar-refractivity contribution in [1.29, 1.82) is 0 Å². The molecule has 2 rings (SSSR count). The van der Waals surface area contributed by atoms with Crippen LogP contribution in [0.3, 0.4) is 0 Å². The fraction of sp³-hybridized carbons (Fsp3) is 0.364. The third-order valence-electron chi connectivity index (χ3n) is 2.63. The van der Waals surface area contributed by atoms with Crippen LogP contribution in [0.4, 0.5) is 0 Å². The van der Waals surface area contributed by atoms with Gasteiger partial charge in [-0.15, -0.1) is 0 Å². The number of hydrogen-bond donors (Lipinski definition) is 2. The average Bonchev–Trinajstić information content (AvgIpc) is 2.61. The number of phenols is 1. The summed E-state index contributed by atoms with van der Waals surface area (Å²) in [6, 6.07) is 6.69. The molecular formula is C11H14N2O3S. The second-order valence-electron chi connectivity index (χ2n) is 4.05. The van der Waals surface area contributed by atoms with Crippen LogP contribution in [0.15, 0.2) is 29.4 Å². The molecule has 1 aromatic rings. The summed E-state index contributed by atoms with van der Waals surface area (Å²) in [5.41, 5.74) is 3.39. The van der Waals surface area contributed by atoms with Crippen molar-refractivity contribution in [1.82, 2.24) is 5.43 Å². The molecule has 0 aliphatic carbocycles. The minimum absolute atomic E-state index is 0.123. The third kappa shape index (κ3) is 3.20. The lowest BCUT2D eigenvalue weighted by atomic mass is 10.2. The van der Waals surface area contributed by atoms with Crippen LogP contribution < -0.4 is 5.43 Å². The lowest BCUT2D eigenvalue weighted by Crippen LogP contribution is -2.25. The molecular weight excluding hydrogens is 240 g/mol. The number of hydrogen-bond acceptors (Lipinski definition) is 5. The van der Waals surface area contributed by atoms with Crippen LogP contribution in [0.1, 0.15) is 12.0 Å². The Balaban J connectivity index is 1.93. The number of para-hydroxylation sites is 1. The van der Waals surface area contributed by atoms with Gasteiger partial charge in [-0.25, -0.2) is 8.42 Å². The SMILES string of the molecule is O=S1(=O)CC[C@@H](N/N=C/c2ccccc2O)C1. The predicted molar refractivity (Wildman–Crippen MR) is 65.9 cm³/mol. The van der Waals surface area contributed by atoms with Gasteiger partial charge in [-0.3, -0.25) is 0 Å². The van der Waals surface area contributed by atoms with Gasteiger partial charge < -0.3 is 10.5 Å². The molecule has 0 radical (unpaired) electrons. The van der Waals surface area contributed by atoms with Gasteiger partial charge in [0, 0.05) is 5.56 Å². The van der Waals surface area contributed by atoms with Gasteiger partial charge in [-0.05, 0) is 18.6 Å². The molecule has 0 unspecified atom stereocenters. The molecule has 1 fully saturated rings. The summed E-state index contributed by atoms with van der Waals surface area (Å²) >= 11 is 0. The van der Waals surface area contributed by atoms with E-state index in [1.165, 1.54) is 6.21 Å². The maximum atomic E-state index is 11.2. The molecule has 2 N–H and O–H groups in total. The lowest BCUT2D eigenvalue weighted by molar-refractivity contribution is 0.474. The smallest absolute Gasteiger partial charge is 0.152 e. The van der Waals surface area contributed by atoms with E-state index in [4.69, 9.17) is 0 Å². The summed E-state index contributed by atoms with van der Waals surface area (Å²) in [5.74, 6) is 0.499. The van der Waals surface area contributed by atoms with Crippen LogP contribution in [0.25, 0.3) is 0 Å². The molecule has 1 heterocycles. The summed E-state index contributed by atoms with van der Waals surface area (Å²) in [6.45, 7) is 0. The molecule has 6 heteroatoms. The van der Waals surface area contributed by atoms with Crippen molar-refractivity contribution in [2.24, 2.45) is 5.10 Å². The van der Waals surface area contributed by atoms with E-state index in [2.05, 4.69) is 10.5 Å². The van der Waals surface area contributed by atoms with E-state index in [0.717, 1.165) is 0 Å². The van der Waals surface area contributed by atoms with Crippen molar-refractivity contribution in [3.05, 3.63) is 29.8 Å².